The Balaban J connectivity index is 1.66. The minimum Gasteiger partial charge on any atom is -0.450 e. The van der Waals surface area contributed by atoms with Crippen molar-refractivity contribution in [3.05, 3.63) is 12.2 Å². The molecule has 8 atom stereocenters. The van der Waals surface area contributed by atoms with Gasteiger partial charge in [-0.3, -0.25) is 4.79 Å². The van der Waals surface area contributed by atoms with E-state index in [9.17, 15) is 9.59 Å². The van der Waals surface area contributed by atoms with Crippen LogP contribution in [0.15, 0.2) is 12.2 Å². The number of carboxylic acid groups (broad SMARTS) is 1. The molecule has 1 heterocycles. The molecule has 2 N–H and O–H groups in total. The first-order chi connectivity index (χ1) is 11.8. The van der Waals surface area contributed by atoms with Gasteiger partial charge in [0.05, 0.1) is 0 Å². The van der Waals surface area contributed by atoms with Gasteiger partial charge in [-0.2, -0.15) is 0 Å². The fourth-order valence-corrected chi connectivity index (χ4v) is 6.95. The summed E-state index contributed by atoms with van der Waals surface area (Å²) in [6, 6.07) is 0.220. The summed E-state index contributed by atoms with van der Waals surface area (Å²) in [4.78, 5) is 23.0. The molecular weight excluding hydrogens is 318 g/mol. The Morgan fingerprint density at radius 2 is 2.04 bits per heavy atom. The molecule has 4 aliphatic rings. The van der Waals surface area contributed by atoms with E-state index in [4.69, 9.17) is 9.84 Å². The van der Waals surface area contributed by atoms with E-state index in [-0.39, 0.29) is 28.9 Å². The molecular formula is C20H29NO4. The molecule has 3 saturated carbocycles. The van der Waals surface area contributed by atoms with Crippen LogP contribution in [0.1, 0.15) is 52.9 Å². The van der Waals surface area contributed by atoms with Crippen molar-refractivity contribution in [2.24, 2.45) is 34.5 Å². The van der Waals surface area contributed by atoms with Crippen molar-refractivity contribution in [3.63, 3.8) is 0 Å². The van der Waals surface area contributed by atoms with Crippen LogP contribution in [0.5, 0.6) is 0 Å². The van der Waals surface area contributed by atoms with Gasteiger partial charge in [-0.05, 0) is 61.9 Å². The third kappa shape index (κ3) is 2.34. The van der Waals surface area contributed by atoms with Crippen molar-refractivity contribution in [1.29, 1.82) is 0 Å². The fraction of sp³-hybridized carbons (Fsp3) is 0.800. The van der Waals surface area contributed by atoms with E-state index in [1.54, 1.807) is 6.08 Å². The first-order valence-corrected chi connectivity index (χ1v) is 9.65. The van der Waals surface area contributed by atoms with Crippen LogP contribution >= 0.6 is 0 Å². The van der Waals surface area contributed by atoms with Crippen molar-refractivity contribution in [1.82, 2.24) is 5.32 Å². The second-order valence-corrected chi connectivity index (χ2v) is 9.26. The average molecular weight is 347 g/mol. The SMILES string of the molecule is C[C@H]1CC2NC(=O)C=C[C@]2(C)[C@H]2CC[C@]3(C)[C@@H](OC(=O)O)CC[C@H]3[C@H]12. The molecule has 0 radical (unpaired) electrons. The summed E-state index contributed by atoms with van der Waals surface area (Å²) in [6.07, 6.45) is 7.54. The second-order valence-electron chi connectivity index (χ2n) is 9.26. The number of carbonyl (C=O) groups excluding carboxylic acids is 1. The van der Waals surface area contributed by atoms with Gasteiger partial charge >= 0.3 is 6.16 Å². The third-order valence-electron chi connectivity index (χ3n) is 8.21. The van der Waals surface area contributed by atoms with E-state index in [1.807, 2.05) is 0 Å². The molecule has 3 aliphatic carbocycles. The van der Waals surface area contributed by atoms with Crippen LogP contribution in [0, 0.1) is 34.5 Å². The molecule has 1 amide bonds. The van der Waals surface area contributed by atoms with E-state index in [2.05, 4.69) is 32.2 Å². The van der Waals surface area contributed by atoms with Gasteiger partial charge in [-0.25, -0.2) is 4.79 Å². The highest BCUT2D eigenvalue weighted by molar-refractivity contribution is 5.89. The highest BCUT2D eigenvalue weighted by Gasteiger charge is 2.62. The minimum absolute atomic E-state index is 0.0121. The zero-order valence-electron chi connectivity index (χ0n) is 15.3. The minimum atomic E-state index is -1.14. The largest absolute Gasteiger partial charge is 0.506 e. The predicted octanol–water partition coefficient (Wildman–Crippen LogP) is 3.59. The summed E-state index contributed by atoms with van der Waals surface area (Å²) in [6.45, 7) is 6.87. The van der Waals surface area contributed by atoms with Gasteiger partial charge in [0.2, 0.25) is 5.91 Å². The summed E-state index contributed by atoms with van der Waals surface area (Å²) in [5, 5.41) is 12.3. The monoisotopic (exact) mass is 347 g/mol. The first-order valence-electron chi connectivity index (χ1n) is 9.65. The number of hydrogen-bond donors (Lipinski definition) is 2. The quantitative estimate of drug-likeness (QED) is 0.711. The molecule has 1 aliphatic heterocycles. The zero-order chi connectivity index (χ0) is 18.0. The van der Waals surface area contributed by atoms with E-state index >= 15 is 0 Å². The van der Waals surface area contributed by atoms with Gasteiger partial charge in [-0.1, -0.05) is 26.8 Å². The molecule has 25 heavy (non-hydrogen) atoms. The Kier molecular flexibility index (Phi) is 3.71. The Morgan fingerprint density at radius 3 is 2.76 bits per heavy atom. The van der Waals surface area contributed by atoms with Crippen LogP contribution in [0.4, 0.5) is 4.79 Å². The Bertz CT molecular complexity index is 631. The molecule has 5 heteroatoms. The van der Waals surface area contributed by atoms with E-state index in [0.717, 1.165) is 32.1 Å². The molecule has 0 saturated heterocycles. The second kappa shape index (κ2) is 5.49. The van der Waals surface area contributed by atoms with Crippen LogP contribution in [0.3, 0.4) is 0 Å². The molecule has 1 unspecified atom stereocenters. The molecule has 138 valence electrons. The van der Waals surface area contributed by atoms with Crippen LogP contribution in [0.2, 0.25) is 0 Å². The molecule has 0 spiro atoms. The number of rotatable bonds is 1. The summed E-state index contributed by atoms with van der Waals surface area (Å²) in [5.41, 5.74) is -0.0310. The van der Waals surface area contributed by atoms with Crippen LogP contribution in [-0.4, -0.2) is 29.3 Å². The molecule has 5 nitrogen and oxygen atoms in total. The highest BCUT2D eigenvalue weighted by atomic mass is 16.7. The van der Waals surface area contributed by atoms with Crippen LogP contribution in [0.25, 0.3) is 0 Å². The topological polar surface area (TPSA) is 75.6 Å². The summed E-state index contributed by atoms with van der Waals surface area (Å²) in [5.74, 6) is 2.18. The lowest BCUT2D eigenvalue weighted by molar-refractivity contribution is -0.128. The Morgan fingerprint density at radius 1 is 1.28 bits per heavy atom. The van der Waals surface area contributed by atoms with Crippen molar-refractivity contribution < 1.29 is 19.4 Å². The lowest BCUT2D eigenvalue weighted by Gasteiger charge is -2.60. The van der Waals surface area contributed by atoms with Crippen molar-refractivity contribution >= 4 is 12.1 Å². The number of fused-ring (bicyclic) bond motifs is 5. The van der Waals surface area contributed by atoms with E-state index < -0.39 is 6.16 Å². The third-order valence-corrected chi connectivity index (χ3v) is 8.21. The summed E-state index contributed by atoms with van der Waals surface area (Å²) >= 11 is 0. The van der Waals surface area contributed by atoms with E-state index in [0.29, 0.717) is 23.7 Å². The Labute approximate surface area is 149 Å². The Hall–Kier alpha value is -1.52. The number of amides is 1. The zero-order valence-corrected chi connectivity index (χ0v) is 15.3. The average Bonchev–Trinajstić information content (AvgIpc) is 2.85. The number of carbonyl (C=O) groups is 2. The van der Waals surface area contributed by atoms with Crippen molar-refractivity contribution in [3.8, 4) is 0 Å². The predicted molar refractivity (Wildman–Crippen MR) is 92.9 cm³/mol. The lowest BCUT2D eigenvalue weighted by atomic mass is 9.46. The summed E-state index contributed by atoms with van der Waals surface area (Å²) in [7, 11) is 0. The van der Waals surface area contributed by atoms with Crippen molar-refractivity contribution in [2.75, 3.05) is 0 Å². The van der Waals surface area contributed by atoms with Crippen LogP contribution in [-0.2, 0) is 9.53 Å². The molecule has 3 fully saturated rings. The molecule has 0 aromatic carbocycles. The highest BCUT2D eigenvalue weighted by Crippen LogP contribution is 2.65. The van der Waals surface area contributed by atoms with Gasteiger partial charge < -0.3 is 15.2 Å². The van der Waals surface area contributed by atoms with Crippen molar-refractivity contribution in [2.45, 2.75) is 65.0 Å². The lowest BCUT2D eigenvalue weighted by Crippen LogP contribution is -2.61. The standard InChI is InChI=1S/C20H29NO4/c1-11-10-14-19(2,9-7-16(22)21-14)13-6-8-20(3)12(17(11)13)4-5-15(20)25-18(23)24/h7,9,11-15,17H,4-6,8,10H2,1-3H3,(H,21,22)(H,23,24)/t11-,12-,13-,14?,15-,17-,19+,20-/m0/s1. The molecule has 4 rings (SSSR count). The first kappa shape index (κ1) is 16.9. The number of nitrogens with one attached hydrogen (secondary N) is 1. The maximum atomic E-state index is 11.8. The van der Waals surface area contributed by atoms with E-state index in [1.165, 1.54) is 0 Å². The van der Waals surface area contributed by atoms with Gasteiger partial charge in [0.1, 0.15) is 6.10 Å². The van der Waals surface area contributed by atoms with Gasteiger partial charge in [0.25, 0.3) is 0 Å². The normalized spacial score (nSPS) is 51.1. The maximum absolute atomic E-state index is 11.8. The van der Waals surface area contributed by atoms with Gasteiger partial charge in [0.15, 0.2) is 0 Å². The number of hydrogen-bond acceptors (Lipinski definition) is 3. The molecule has 0 aromatic heterocycles. The molecule has 0 bridgehead atoms. The van der Waals surface area contributed by atoms with Crippen LogP contribution < -0.4 is 5.32 Å². The van der Waals surface area contributed by atoms with Gasteiger partial charge in [-0.15, -0.1) is 0 Å². The summed E-state index contributed by atoms with van der Waals surface area (Å²) < 4.78 is 5.29. The van der Waals surface area contributed by atoms with Gasteiger partial charge in [0, 0.05) is 16.9 Å². The fourth-order valence-electron chi connectivity index (χ4n) is 6.95. The smallest absolute Gasteiger partial charge is 0.450 e. The molecule has 0 aromatic rings. The maximum Gasteiger partial charge on any atom is 0.506 e. The number of ether oxygens (including phenoxy) is 1.